The van der Waals surface area contributed by atoms with Gasteiger partial charge in [0.1, 0.15) is 12.2 Å². The van der Waals surface area contributed by atoms with E-state index >= 15 is 0 Å². The van der Waals surface area contributed by atoms with Crippen LogP contribution in [-0.2, 0) is 23.9 Å². The summed E-state index contributed by atoms with van der Waals surface area (Å²) in [5.74, 6) is -3.95. The molecule has 1 saturated carbocycles. The lowest BCUT2D eigenvalue weighted by atomic mass is 9.83. The van der Waals surface area contributed by atoms with Gasteiger partial charge in [-0.1, -0.05) is 64.4 Å². The average Bonchev–Trinajstić information content (AvgIpc) is 3.49. The number of Topliss-reactive ketones (excluding diaryl/α,β-unsaturated/α-hetero) is 3. The molecule has 0 spiro atoms. The first-order valence-corrected chi connectivity index (χ1v) is 15.4. The number of hydrogen-bond acceptors (Lipinski definition) is 6. The monoisotopic (exact) mass is 586 g/mol. The third-order valence-corrected chi connectivity index (χ3v) is 8.69. The number of ether oxygens (including phenoxy) is 1. The lowest BCUT2D eigenvalue weighted by molar-refractivity contribution is -0.143. The first kappa shape index (κ1) is 33.4. The van der Waals surface area contributed by atoms with Crippen LogP contribution in [0.15, 0.2) is 30.3 Å². The summed E-state index contributed by atoms with van der Waals surface area (Å²) in [6, 6.07) is 7.63. The molecule has 1 N–H and O–H groups in total. The number of alkyl carbamates (subject to hydrolysis) is 1. The molecular formula is C33H47FN2O6. The van der Waals surface area contributed by atoms with Gasteiger partial charge < -0.3 is 15.0 Å². The first-order valence-electron chi connectivity index (χ1n) is 15.4. The molecule has 2 amide bonds. The van der Waals surface area contributed by atoms with E-state index in [1.807, 2.05) is 44.2 Å². The van der Waals surface area contributed by atoms with Gasteiger partial charge >= 0.3 is 6.09 Å². The van der Waals surface area contributed by atoms with Crippen LogP contribution in [0.25, 0.3) is 0 Å². The minimum absolute atomic E-state index is 0.0493. The summed E-state index contributed by atoms with van der Waals surface area (Å²) in [6.45, 7) is 10.8. The molecule has 1 aromatic rings. The van der Waals surface area contributed by atoms with Crippen molar-refractivity contribution in [2.75, 3.05) is 6.54 Å². The van der Waals surface area contributed by atoms with Crippen LogP contribution in [0.5, 0.6) is 0 Å². The molecular weight excluding hydrogens is 539 g/mol. The van der Waals surface area contributed by atoms with Gasteiger partial charge in [-0.05, 0) is 56.4 Å². The van der Waals surface area contributed by atoms with Gasteiger partial charge in [0, 0.05) is 31.2 Å². The summed E-state index contributed by atoms with van der Waals surface area (Å²) >= 11 is 0. The molecule has 2 fully saturated rings. The molecule has 1 saturated heterocycles. The summed E-state index contributed by atoms with van der Waals surface area (Å²) in [5.41, 5.74) is 0.959. The molecule has 1 aliphatic heterocycles. The average molecular weight is 587 g/mol. The molecule has 232 valence electrons. The predicted molar refractivity (Wildman–Crippen MR) is 157 cm³/mol. The van der Waals surface area contributed by atoms with Crippen molar-refractivity contribution in [2.24, 2.45) is 23.7 Å². The predicted octanol–water partition coefficient (Wildman–Crippen LogP) is 5.43. The van der Waals surface area contributed by atoms with Crippen LogP contribution in [0.1, 0.15) is 91.5 Å². The molecule has 0 aromatic heterocycles. The number of ketones is 3. The number of benzene rings is 1. The molecule has 0 bridgehead atoms. The molecule has 7 atom stereocenters. The highest BCUT2D eigenvalue weighted by Gasteiger charge is 2.54. The quantitative estimate of drug-likeness (QED) is 0.291. The Hall–Kier alpha value is -3.10. The van der Waals surface area contributed by atoms with E-state index < -0.39 is 53.7 Å². The zero-order valence-corrected chi connectivity index (χ0v) is 25.8. The maximum absolute atomic E-state index is 14.9. The molecule has 0 radical (unpaired) electrons. The first-order chi connectivity index (χ1) is 19.8. The Morgan fingerprint density at radius 2 is 1.64 bits per heavy atom. The Balaban J connectivity index is 1.79. The van der Waals surface area contributed by atoms with Crippen molar-refractivity contribution in [2.45, 2.75) is 110 Å². The topological polar surface area (TPSA) is 110 Å². The highest BCUT2D eigenvalue weighted by atomic mass is 19.1. The Morgan fingerprint density at radius 3 is 2.24 bits per heavy atom. The second kappa shape index (κ2) is 14.9. The van der Waals surface area contributed by atoms with Crippen molar-refractivity contribution in [1.29, 1.82) is 0 Å². The van der Waals surface area contributed by atoms with Crippen molar-refractivity contribution in [3.63, 3.8) is 0 Å². The highest BCUT2D eigenvalue weighted by Crippen LogP contribution is 2.45. The zero-order valence-electron chi connectivity index (χ0n) is 25.8. The standard InChI is InChI=1S/C33H47FN2O6/c1-7-11-23(31(39)28(38)16-21(6)22-12-9-8-10-13-22)17-27(37)30-24-14-15-26(34)25(24)18-36(30)32(40)29(19(2)3)35-33(41)42-20(4)5/h8-10,12-13,19-21,23-26,29-30H,7,11,14-18H2,1-6H3,(H,35,41)/t21-,23?,24-,25-,26-,29-,30-/m0/s1. The molecule has 42 heavy (non-hydrogen) atoms. The fourth-order valence-corrected chi connectivity index (χ4v) is 6.51. The van der Waals surface area contributed by atoms with Crippen molar-refractivity contribution >= 4 is 29.4 Å². The van der Waals surface area contributed by atoms with E-state index in [4.69, 9.17) is 4.74 Å². The number of fused-ring (bicyclic) bond motifs is 1. The lowest BCUT2D eigenvalue weighted by Gasteiger charge is -2.32. The second-order valence-electron chi connectivity index (χ2n) is 12.6. The van der Waals surface area contributed by atoms with E-state index in [1.54, 1.807) is 27.7 Å². The summed E-state index contributed by atoms with van der Waals surface area (Å²) in [7, 11) is 0. The van der Waals surface area contributed by atoms with Gasteiger partial charge in [-0.15, -0.1) is 0 Å². The van der Waals surface area contributed by atoms with Gasteiger partial charge in [0.15, 0.2) is 11.6 Å². The molecule has 1 unspecified atom stereocenters. The van der Waals surface area contributed by atoms with E-state index in [-0.39, 0.29) is 49.0 Å². The number of hydrogen-bond donors (Lipinski definition) is 1. The lowest BCUT2D eigenvalue weighted by Crippen LogP contribution is -2.55. The number of carbonyl (C=O) groups is 5. The Labute approximate surface area is 249 Å². The molecule has 3 rings (SSSR count). The maximum atomic E-state index is 14.9. The van der Waals surface area contributed by atoms with E-state index in [0.29, 0.717) is 25.7 Å². The number of amides is 2. The summed E-state index contributed by atoms with van der Waals surface area (Å²) in [6.07, 6.45) is -0.625. The normalized spacial score (nSPS) is 23.8. The maximum Gasteiger partial charge on any atom is 0.408 e. The summed E-state index contributed by atoms with van der Waals surface area (Å²) in [4.78, 5) is 68.0. The van der Waals surface area contributed by atoms with Crippen LogP contribution >= 0.6 is 0 Å². The number of halogens is 1. The van der Waals surface area contributed by atoms with E-state index in [9.17, 15) is 28.4 Å². The molecule has 8 nitrogen and oxygen atoms in total. The van der Waals surface area contributed by atoms with E-state index in [2.05, 4.69) is 5.32 Å². The van der Waals surface area contributed by atoms with Gasteiger partial charge in [0.25, 0.3) is 0 Å². The molecule has 2 aliphatic rings. The number of rotatable bonds is 14. The third kappa shape index (κ3) is 8.04. The van der Waals surface area contributed by atoms with Crippen molar-refractivity contribution < 1.29 is 33.1 Å². The number of alkyl halides is 1. The number of likely N-dealkylation sites (tertiary alicyclic amines) is 1. The van der Waals surface area contributed by atoms with Crippen LogP contribution in [0, 0.1) is 23.7 Å². The fraction of sp³-hybridized carbons (Fsp3) is 0.667. The van der Waals surface area contributed by atoms with Crippen LogP contribution in [0.4, 0.5) is 9.18 Å². The van der Waals surface area contributed by atoms with Gasteiger partial charge in [0.2, 0.25) is 11.7 Å². The van der Waals surface area contributed by atoms with Gasteiger partial charge in [0.05, 0.1) is 12.1 Å². The zero-order chi connectivity index (χ0) is 31.1. The second-order valence-corrected chi connectivity index (χ2v) is 12.6. The van der Waals surface area contributed by atoms with Crippen molar-refractivity contribution in [3.8, 4) is 0 Å². The SMILES string of the molecule is CCCC(CC(=O)[C@@H]1[C@H]2CC[C@H](F)[C@H]2CN1C(=O)[C@@H](NC(=O)OC(C)C)C(C)C)C(=O)C(=O)C[C@H](C)c1ccccc1. The molecule has 9 heteroatoms. The Morgan fingerprint density at radius 1 is 0.976 bits per heavy atom. The Bertz CT molecular complexity index is 1120. The van der Waals surface area contributed by atoms with Gasteiger partial charge in [-0.2, -0.15) is 0 Å². The fourth-order valence-electron chi connectivity index (χ4n) is 6.51. The van der Waals surface area contributed by atoms with Crippen LogP contribution in [0.3, 0.4) is 0 Å². The minimum atomic E-state index is -1.13. The van der Waals surface area contributed by atoms with Crippen molar-refractivity contribution in [3.05, 3.63) is 35.9 Å². The molecule has 1 heterocycles. The van der Waals surface area contributed by atoms with Gasteiger partial charge in [-0.3, -0.25) is 19.2 Å². The molecule has 1 aromatic carbocycles. The minimum Gasteiger partial charge on any atom is -0.447 e. The van der Waals surface area contributed by atoms with Crippen LogP contribution in [0.2, 0.25) is 0 Å². The van der Waals surface area contributed by atoms with E-state index in [1.165, 1.54) is 4.90 Å². The molecule has 1 aliphatic carbocycles. The Kier molecular flexibility index (Phi) is 11.8. The summed E-state index contributed by atoms with van der Waals surface area (Å²) < 4.78 is 20.1. The number of nitrogens with zero attached hydrogens (tertiary/aromatic N) is 1. The number of nitrogens with one attached hydrogen (secondary N) is 1. The van der Waals surface area contributed by atoms with Crippen LogP contribution < -0.4 is 5.32 Å². The van der Waals surface area contributed by atoms with E-state index in [0.717, 1.165) is 5.56 Å². The smallest absolute Gasteiger partial charge is 0.408 e. The largest absolute Gasteiger partial charge is 0.447 e. The van der Waals surface area contributed by atoms with Crippen LogP contribution in [-0.4, -0.2) is 65.2 Å². The summed E-state index contributed by atoms with van der Waals surface area (Å²) in [5, 5.41) is 2.63. The highest BCUT2D eigenvalue weighted by molar-refractivity contribution is 6.38. The number of carbonyl (C=O) groups excluding carboxylic acids is 5. The van der Waals surface area contributed by atoms with Crippen molar-refractivity contribution in [1.82, 2.24) is 10.2 Å². The third-order valence-electron chi connectivity index (χ3n) is 8.69. The van der Waals surface area contributed by atoms with Gasteiger partial charge in [-0.25, -0.2) is 9.18 Å².